The maximum Gasteiger partial charge on any atom is 0.228 e. The van der Waals surface area contributed by atoms with Crippen LogP contribution in [0.5, 0.6) is 11.6 Å². The van der Waals surface area contributed by atoms with E-state index < -0.39 is 35.1 Å². The Hall–Kier alpha value is -3.97. The molecule has 1 unspecified atom stereocenters. The predicted octanol–water partition coefficient (Wildman–Crippen LogP) is 6.75. The summed E-state index contributed by atoms with van der Waals surface area (Å²) in [5, 5.41) is 2.96. The highest BCUT2D eigenvalue weighted by Gasteiger charge is 2.22. The molecule has 4 aromatic rings. The number of nitrogens with one attached hydrogen (secondary N) is 2. The normalized spacial score (nSPS) is 14.6. The van der Waals surface area contributed by atoms with E-state index in [-0.39, 0.29) is 23.4 Å². The quantitative estimate of drug-likeness (QED) is 0.124. The van der Waals surface area contributed by atoms with E-state index in [9.17, 15) is 22.0 Å². The average Bonchev–Trinajstić information content (AvgIpc) is 2.95. The van der Waals surface area contributed by atoms with Gasteiger partial charge in [-0.25, -0.2) is 32.5 Å². The Balaban J connectivity index is 0.000000483. The zero-order chi connectivity index (χ0) is 29.4. The van der Waals surface area contributed by atoms with Gasteiger partial charge in [0.2, 0.25) is 17.6 Å². The van der Waals surface area contributed by atoms with Crippen molar-refractivity contribution in [3.05, 3.63) is 89.3 Å². The van der Waals surface area contributed by atoms with E-state index >= 15 is 0 Å². The van der Waals surface area contributed by atoms with Crippen molar-refractivity contribution in [2.24, 2.45) is 0 Å². The minimum Gasteiger partial charge on any atom is -0.435 e. The number of nitrogens with two attached hydrogens (primary N) is 1. The van der Waals surface area contributed by atoms with Gasteiger partial charge in [-0.3, -0.25) is 0 Å². The molecule has 1 saturated heterocycles. The Kier molecular flexibility index (Phi) is 10.3. The summed E-state index contributed by atoms with van der Waals surface area (Å²) in [7, 11) is 0. The molecule has 5 rings (SSSR count). The molecule has 41 heavy (non-hydrogen) atoms. The Labute approximate surface area is 237 Å². The van der Waals surface area contributed by atoms with E-state index in [0.717, 1.165) is 43.0 Å². The fourth-order valence-electron chi connectivity index (χ4n) is 3.85. The Bertz CT molecular complexity index is 1490. The van der Waals surface area contributed by atoms with Gasteiger partial charge in [0.15, 0.2) is 17.4 Å². The van der Waals surface area contributed by atoms with Gasteiger partial charge in [-0.05, 0) is 79.7 Å². The second kappa shape index (κ2) is 14.1. The fraction of sp³-hybridized carbons (Fsp3) is 0.250. The monoisotopic (exact) mass is 590 g/mol. The third-order valence-corrected chi connectivity index (χ3v) is 6.80. The van der Waals surface area contributed by atoms with Crippen LogP contribution < -0.4 is 20.5 Å². The first kappa shape index (κ1) is 30.0. The minimum atomic E-state index is -1.46. The Morgan fingerprint density at radius 2 is 1.90 bits per heavy atom. The number of rotatable bonds is 7. The minimum absolute atomic E-state index is 0.000620. The average molecular weight is 591 g/mol. The summed E-state index contributed by atoms with van der Waals surface area (Å²) in [5.41, 5.74) is 7.03. The van der Waals surface area contributed by atoms with Crippen LogP contribution >= 0.6 is 11.9 Å². The standard InChI is InChI=1S/C23H17F4N5OS.C5H10FN/c1-12-9-14(24)5-4-13(12)11-34-32-21-16(25)10-18(19(26)20(21)27)33-22-15(3-2-7-29-22)17-6-8-30-23(28)31-17;6-5-2-1-3-7-4-5/h2-10,32H,11H2,1H3,(H2,28,30,31);5,7H,1-4H2. The topological polar surface area (TPSA) is 98.0 Å². The molecule has 216 valence electrons. The lowest BCUT2D eigenvalue weighted by Crippen LogP contribution is -2.30. The van der Waals surface area contributed by atoms with Crippen molar-refractivity contribution >= 4 is 23.6 Å². The first-order chi connectivity index (χ1) is 19.7. The van der Waals surface area contributed by atoms with E-state index in [1.54, 1.807) is 25.1 Å². The zero-order valence-corrected chi connectivity index (χ0v) is 22.8. The SMILES string of the molecule is Cc1cc(F)ccc1CSNc1c(F)cc(Oc2ncccc2-c2ccnc(N)n2)c(F)c1F.FC1CCCNC1. The van der Waals surface area contributed by atoms with Gasteiger partial charge < -0.3 is 20.5 Å². The molecule has 2 aromatic carbocycles. The van der Waals surface area contributed by atoms with Gasteiger partial charge in [0.05, 0.1) is 11.3 Å². The van der Waals surface area contributed by atoms with Crippen molar-refractivity contribution in [2.45, 2.75) is 31.7 Å². The van der Waals surface area contributed by atoms with Crippen molar-refractivity contribution in [2.75, 3.05) is 23.5 Å². The maximum atomic E-state index is 14.8. The summed E-state index contributed by atoms with van der Waals surface area (Å²) < 4.78 is 77.3. The van der Waals surface area contributed by atoms with Crippen LogP contribution in [0.1, 0.15) is 24.0 Å². The van der Waals surface area contributed by atoms with Gasteiger partial charge in [0.25, 0.3) is 0 Å². The third kappa shape index (κ3) is 8.04. The number of halogens is 5. The number of alkyl halides is 1. The maximum absolute atomic E-state index is 14.8. The number of aromatic nitrogens is 3. The molecule has 4 N–H and O–H groups in total. The molecule has 0 radical (unpaired) electrons. The number of pyridine rings is 1. The van der Waals surface area contributed by atoms with Gasteiger partial charge in [-0.1, -0.05) is 6.07 Å². The van der Waals surface area contributed by atoms with Crippen LogP contribution in [0.4, 0.5) is 33.6 Å². The second-order valence-corrected chi connectivity index (χ2v) is 9.80. The highest BCUT2D eigenvalue weighted by atomic mass is 32.2. The van der Waals surface area contributed by atoms with Crippen molar-refractivity contribution < 1.29 is 26.7 Å². The van der Waals surface area contributed by atoms with Crippen LogP contribution in [0.2, 0.25) is 0 Å². The molecule has 0 amide bonds. The summed E-state index contributed by atoms with van der Waals surface area (Å²) in [5.74, 6) is -4.86. The molecular formula is C28H27F5N6OS. The summed E-state index contributed by atoms with van der Waals surface area (Å²) >= 11 is 0.929. The summed E-state index contributed by atoms with van der Waals surface area (Å²) in [6.07, 6.45) is 3.97. The zero-order valence-electron chi connectivity index (χ0n) is 21.9. The van der Waals surface area contributed by atoms with Crippen LogP contribution in [0.3, 0.4) is 0 Å². The number of aryl methyl sites for hydroxylation is 1. The molecule has 1 atom stereocenters. The number of anilines is 2. The van der Waals surface area contributed by atoms with Crippen LogP contribution in [-0.2, 0) is 5.75 Å². The molecule has 13 heteroatoms. The van der Waals surface area contributed by atoms with E-state index in [0.29, 0.717) is 23.4 Å². The van der Waals surface area contributed by atoms with Gasteiger partial charge >= 0.3 is 0 Å². The largest absolute Gasteiger partial charge is 0.435 e. The number of piperidine rings is 1. The summed E-state index contributed by atoms with van der Waals surface area (Å²) in [6.45, 7) is 3.29. The molecule has 0 saturated carbocycles. The van der Waals surface area contributed by atoms with E-state index in [1.807, 2.05) is 0 Å². The van der Waals surface area contributed by atoms with Crippen LogP contribution in [-0.4, -0.2) is 34.2 Å². The van der Waals surface area contributed by atoms with Gasteiger partial charge in [-0.15, -0.1) is 0 Å². The first-order valence-electron chi connectivity index (χ1n) is 12.6. The number of benzene rings is 2. The number of nitrogens with zero attached hydrogens (tertiary/aromatic N) is 3. The van der Waals surface area contributed by atoms with E-state index in [4.69, 9.17) is 10.5 Å². The molecule has 3 heterocycles. The number of nitrogen functional groups attached to an aromatic ring is 1. The molecule has 0 bridgehead atoms. The number of hydrogen-bond donors (Lipinski definition) is 3. The summed E-state index contributed by atoms with van der Waals surface area (Å²) in [6, 6.07) is 9.63. The lowest BCUT2D eigenvalue weighted by atomic mass is 10.1. The fourth-order valence-corrected chi connectivity index (χ4v) is 4.74. The number of ether oxygens (including phenoxy) is 1. The Morgan fingerprint density at radius 1 is 1.07 bits per heavy atom. The molecular weight excluding hydrogens is 563 g/mol. The van der Waals surface area contributed by atoms with Crippen LogP contribution in [0, 0.1) is 30.2 Å². The molecule has 1 aliphatic heterocycles. The van der Waals surface area contributed by atoms with Gasteiger partial charge in [0, 0.05) is 30.8 Å². The highest BCUT2D eigenvalue weighted by molar-refractivity contribution is 7.99. The first-order valence-corrected chi connectivity index (χ1v) is 13.6. The molecule has 2 aromatic heterocycles. The molecule has 1 fully saturated rings. The molecule has 1 aliphatic rings. The summed E-state index contributed by atoms with van der Waals surface area (Å²) in [4.78, 5) is 11.9. The lowest BCUT2D eigenvalue weighted by Gasteiger charge is -2.14. The van der Waals surface area contributed by atoms with Crippen molar-refractivity contribution in [3.8, 4) is 22.9 Å². The van der Waals surface area contributed by atoms with Crippen molar-refractivity contribution in [1.82, 2.24) is 20.3 Å². The van der Waals surface area contributed by atoms with Crippen LogP contribution in [0.25, 0.3) is 11.3 Å². The third-order valence-electron chi connectivity index (χ3n) is 6.00. The van der Waals surface area contributed by atoms with E-state index in [2.05, 4.69) is 25.0 Å². The smallest absolute Gasteiger partial charge is 0.228 e. The number of hydrogen-bond acceptors (Lipinski definition) is 8. The van der Waals surface area contributed by atoms with Gasteiger partial charge in [-0.2, -0.15) is 4.39 Å². The second-order valence-electron chi connectivity index (χ2n) is 9.02. The van der Waals surface area contributed by atoms with Gasteiger partial charge in [0.1, 0.15) is 17.7 Å². The highest BCUT2D eigenvalue weighted by Crippen LogP contribution is 2.36. The molecule has 7 nitrogen and oxygen atoms in total. The molecule has 0 spiro atoms. The lowest BCUT2D eigenvalue weighted by molar-refractivity contribution is 0.266. The Morgan fingerprint density at radius 3 is 2.59 bits per heavy atom. The molecule has 0 aliphatic carbocycles. The van der Waals surface area contributed by atoms with E-state index in [1.165, 1.54) is 30.6 Å². The van der Waals surface area contributed by atoms with Crippen molar-refractivity contribution in [3.63, 3.8) is 0 Å². The van der Waals surface area contributed by atoms with Crippen molar-refractivity contribution in [1.29, 1.82) is 0 Å². The van der Waals surface area contributed by atoms with Crippen LogP contribution in [0.15, 0.2) is 54.9 Å². The predicted molar refractivity (Wildman–Crippen MR) is 149 cm³/mol.